The average molecular weight is 251 g/mol. The molecule has 5 heteroatoms. The molecule has 1 amide bonds. The van der Waals surface area contributed by atoms with Gasteiger partial charge in [-0.2, -0.15) is 0 Å². The highest BCUT2D eigenvalue weighted by atomic mass is 16.5. The number of carbonyl (C=O) groups is 1. The lowest BCUT2D eigenvalue weighted by Crippen LogP contribution is -2.37. The Bertz CT molecular complexity index is 382. The number of hydrogen-bond donors (Lipinski definition) is 2. The number of ether oxygens (including phenoxy) is 1. The van der Waals surface area contributed by atoms with Gasteiger partial charge in [-0.1, -0.05) is 6.92 Å². The Hall–Kier alpha value is -1.78. The van der Waals surface area contributed by atoms with Gasteiger partial charge in [0.05, 0.1) is 6.61 Å². The molecule has 0 bridgehead atoms. The quantitative estimate of drug-likeness (QED) is 0.775. The maximum absolute atomic E-state index is 11.6. The summed E-state index contributed by atoms with van der Waals surface area (Å²) in [6.45, 7) is 6.98. The predicted octanol–water partition coefficient (Wildman–Crippen LogP) is 1.81. The summed E-state index contributed by atoms with van der Waals surface area (Å²) < 4.78 is 5.57. The molecule has 18 heavy (non-hydrogen) atoms. The van der Waals surface area contributed by atoms with Crippen molar-refractivity contribution in [2.24, 2.45) is 0 Å². The van der Waals surface area contributed by atoms with Gasteiger partial charge in [0.1, 0.15) is 6.04 Å². The van der Waals surface area contributed by atoms with Crippen molar-refractivity contribution >= 4 is 11.7 Å². The van der Waals surface area contributed by atoms with Crippen LogP contribution >= 0.6 is 0 Å². The summed E-state index contributed by atoms with van der Waals surface area (Å²) in [5.41, 5.74) is 0. The molecule has 0 aliphatic heterocycles. The Morgan fingerprint density at radius 2 is 2.28 bits per heavy atom. The Morgan fingerprint density at radius 1 is 1.50 bits per heavy atom. The van der Waals surface area contributed by atoms with E-state index in [1.807, 2.05) is 26.0 Å². The summed E-state index contributed by atoms with van der Waals surface area (Å²) in [4.78, 5) is 15.8. The zero-order chi connectivity index (χ0) is 13.4. The van der Waals surface area contributed by atoms with Gasteiger partial charge >= 0.3 is 0 Å². The van der Waals surface area contributed by atoms with Gasteiger partial charge < -0.3 is 15.4 Å². The Balaban J connectivity index is 2.68. The lowest BCUT2D eigenvalue weighted by atomic mass is 10.3. The number of anilines is 1. The number of pyridine rings is 1. The van der Waals surface area contributed by atoms with Crippen LogP contribution in [0.1, 0.15) is 27.2 Å². The SMILES string of the molecule is CCCOc1cccnc1NC(C)C(=O)NCC. The van der Waals surface area contributed by atoms with Crippen LogP contribution in [0.4, 0.5) is 5.82 Å². The van der Waals surface area contributed by atoms with Crippen LogP contribution in [0, 0.1) is 0 Å². The average Bonchev–Trinajstić information content (AvgIpc) is 2.38. The van der Waals surface area contributed by atoms with E-state index in [0.29, 0.717) is 24.7 Å². The first kappa shape index (κ1) is 14.3. The summed E-state index contributed by atoms with van der Waals surface area (Å²) in [6, 6.07) is 3.31. The number of rotatable bonds is 7. The predicted molar refractivity (Wildman–Crippen MR) is 71.8 cm³/mol. The minimum Gasteiger partial charge on any atom is -0.490 e. The number of amides is 1. The van der Waals surface area contributed by atoms with E-state index in [9.17, 15) is 4.79 Å². The van der Waals surface area contributed by atoms with Crippen molar-refractivity contribution in [3.8, 4) is 5.75 Å². The van der Waals surface area contributed by atoms with Crippen molar-refractivity contribution in [2.45, 2.75) is 33.2 Å². The molecule has 1 aromatic rings. The second-order valence-corrected chi connectivity index (χ2v) is 3.96. The van der Waals surface area contributed by atoms with Crippen LogP contribution in [0.25, 0.3) is 0 Å². The smallest absolute Gasteiger partial charge is 0.242 e. The van der Waals surface area contributed by atoms with Crippen molar-refractivity contribution in [1.29, 1.82) is 0 Å². The third kappa shape index (κ3) is 4.24. The van der Waals surface area contributed by atoms with Crippen molar-refractivity contribution in [3.05, 3.63) is 18.3 Å². The number of aromatic nitrogens is 1. The molecule has 0 aliphatic carbocycles. The molecule has 0 spiro atoms. The highest BCUT2D eigenvalue weighted by molar-refractivity contribution is 5.84. The largest absolute Gasteiger partial charge is 0.490 e. The lowest BCUT2D eigenvalue weighted by molar-refractivity contribution is -0.121. The van der Waals surface area contributed by atoms with Crippen molar-refractivity contribution < 1.29 is 9.53 Å². The normalized spacial score (nSPS) is 11.7. The van der Waals surface area contributed by atoms with E-state index in [0.717, 1.165) is 6.42 Å². The summed E-state index contributed by atoms with van der Waals surface area (Å²) >= 11 is 0. The Labute approximate surface area is 108 Å². The molecular weight excluding hydrogens is 230 g/mol. The van der Waals surface area contributed by atoms with Crippen LogP contribution in [0.5, 0.6) is 5.75 Å². The second kappa shape index (κ2) is 7.53. The number of hydrogen-bond acceptors (Lipinski definition) is 4. The van der Waals surface area contributed by atoms with Crippen LogP contribution in [0.3, 0.4) is 0 Å². The highest BCUT2D eigenvalue weighted by Crippen LogP contribution is 2.21. The van der Waals surface area contributed by atoms with Gasteiger partial charge in [-0.25, -0.2) is 4.98 Å². The van der Waals surface area contributed by atoms with Gasteiger partial charge in [-0.15, -0.1) is 0 Å². The molecule has 0 saturated carbocycles. The lowest BCUT2D eigenvalue weighted by Gasteiger charge is -2.16. The standard InChI is InChI=1S/C13H21N3O2/c1-4-9-18-11-7-6-8-15-12(11)16-10(3)13(17)14-5-2/h6-8,10H,4-5,9H2,1-3H3,(H,14,17)(H,15,16). The molecule has 100 valence electrons. The third-order valence-corrected chi connectivity index (χ3v) is 2.33. The molecule has 1 heterocycles. The molecule has 2 N–H and O–H groups in total. The van der Waals surface area contributed by atoms with E-state index in [1.165, 1.54) is 0 Å². The number of likely N-dealkylation sites (N-methyl/N-ethyl adjacent to an activating group) is 1. The second-order valence-electron chi connectivity index (χ2n) is 3.96. The molecule has 0 aliphatic rings. The molecule has 1 rings (SSSR count). The number of nitrogens with zero attached hydrogens (tertiary/aromatic N) is 1. The van der Waals surface area contributed by atoms with Crippen molar-refractivity contribution in [3.63, 3.8) is 0 Å². The van der Waals surface area contributed by atoms with Crippen LogP contribution in [0.2, 0.25) is 0 Å². The minimum absolute atomic E-state index is 0.0513. The minimum atomic E-state index is -0.344. The molecular formula is C13H21N3O2. The fourth-order valence-corrected chi connectivity index (χ4v) is 1.43. The summed E-state index contributed by atoms with van der Waals surface area (Å²) in [7, 11) is 0. The van der Waals surface area contributed by atoms with Gasteiger partial charge in [0, 0.05) is 12.7 Å². The molecule has 0 saturated heterocycles. The maximum Gasteiger partial charge on any atom is 0.242 e. The van der Waals surface area contributed by atoms with Crippen LogP contribution < -0.4 is 15.4 Å². The molecule has 0 aromatic carbocycles. The Morgan fingerprint density at radius 3 is 2.94 bits per heavy atom. The van der Waals surface area contributed by atoms with Gasteiger partial charge in [0.25, 0.3) is 0 Å². The first-order chi connectivity index (χ1) is 8.69. The van der Waals surface area contributed by atoms with Gasteiger partial charge in [0.15, 0.2) is 11.6 Å². The van der Waals surface area contributed by atoms with Crippen molar-refractivity contribution in [1.82, 2.24) is 10.3 Å². The monoisotopic (exact) mass is 251 g/mol. The number of nitrogens with one attached hydrogen (secondary N) is 2. The molecule has 1 aromatic heterocycles. The zero-order valence-electron chi connectivity index (χ0n) is 11.2. The fraction of sp³-hybridized carbons (Fsp3) is 0.538. The summed E-state index contributed by atoms with van der Waals surface area (Å²) in [5, 5.41) is 5.81. The third-order valence-electron chi connectivity index (χ3n) is 2.33. The molecule has 0 radical (unpaired) electrons. The summed E-state index contributed by atoms with van der Waals surface area (Å²) in [5.74, 6) is 1.23. The highest BCUT2D eigenvalue weighted by Gasteiger charge is 2.14. The van der Waals surface area contributed by atoms with E-state index in [2.05, 4.69) is 15.6 Å². The Kier molecular flexibility index (Phi) is 5.97. The fourth-order valence-electron chi connectivity index (χ4n) is 1.43. The maximum atomic E-state index is 11.6. The number of carbonyl (C=O) groups excluding carboxylic acids is 1. The van der Waals surface area contributed by atoms with E-state index < -0.39 is 0 Å². The topological polar surface area (TPSA) is 63.2 Å². The first-order valence-electron chi connectivity index (χ1n) is 6.31. The van der Waals surface area contributed by atoms with E-state index in [4.69, 9.17) is 4.74 Å². The van der Waals surface area contributed by atoms with E-state index in [1.54, 1.807) is 13.1 Å². The van der Waals surface area contributed by atoms with Crippen LogP contribution in [-0.4, -0.2) is 30.1 Å². The van der Waals surface area contributed by atoms with Crippen LogP contribution in [0.15, 0.2) is 18.3 Å². The van der Waals surface area contributed by atoms with E-state index in [-0.39, 0.29) is 11.9 Å². The molecule has 0 fully saturated rings. The van der Waals surface area contributed by atoms with E-state index >= 15 is 0 Å². The van der Waals surface area contributed by atoms with Crippen molar-refractivity contribution in [2.75, 3.05) is 18.5 Å². The zero-order valence-corrected chi connectivity index (χ0v) is 11.2. The summed E-state index contributed by atoms with van der Waals surface area (Å²) in [6.07, 6.45) is 2.60. The van der Waals surface area contributed by atoms with Gasteiger partial charge in [-0.05, 0) is 32.4 Å². The van der Waals surface area contributed by atoms with Gasteiger partial charge in [0.2, 0.25) is 5.91 Å². The molecule has 1 atom stereocenters. The molecule has 1 unspecified atom stereocenters. The van der Waals surface area contributed by atoms with Gasteiger partial charge in [-0.3, -0.25) is 4.79 Å². The first-order valence-corrected chi connectivity index (χ1v) is 6.31. The molecule has 5 nitrogen and oxygen atoms in total. The van der Waals surface area contributed by atoms with Crippen LogP contribution in [-0.2, 0) is 4.79 Å².